The summed E-state index contributed by atoms with van der Waals surface area (Å²) in [6.07, 6.45) is 1.71. The molecule has 0 spiro atoms. The quantitative estimate of drug-likeness (QED) is 0.904. The van der Waals surface area contributed by atoms with Gasteiger partial charge in [-0.3, -0.25) is 4.31 Å². The fourth-order valence-electron chi connectivity index (χ4n) is 2.61. The molecule has 1 aromatic rings. The van der Waals surface area contributed by atoms with Crippen LogP contribution in [0.1, 0.15) is 19.8 Å². The number of sulfonamides is 1. The van der Waals surface area contributed by atoms with Crippen molar-refractivity contribution in [3.05, 3.63) is 30.1 Å². The fourth-order valence-corrected chi connectivity index (χ4v) is 4.56. The molecule has 112 valence electrons. The van der Waals surface area contributed by atoms with Gasteiger partial charge < -0.3 is 5.32 Å². The minimum atomic E-state index is -3.48. The average molecular weight is 300 g/mol. The van der Waals surface area contributed by atoms with E-state index in [0.29, 0.717) is 0 Å². The van der Waals surface area contributed by atoms with Crippen molar-refractivity contribution in [3.8, 4) is 0 Å². The van der Waals surface area contributed by atoms with Gasteiger partial charge in [0, 0.05) is 6.54 Å². The van der Waals surface area contributed by atoms with Crippen molar-refractivity contribution in [2.45, 2.75) is 19.8 Å². The van der Waals surface area contributed by atoms with Crippen LogP contribution in [0.2, 0.25) is 0 Å². The Hall–Kier alpha value is -1.14. The number of hydrogen-bond donors (Lipinski definition) is 1. The molecule has 2 rings (SSSR count). The van der Waals surface area contributed by atoms with Gasteiger partial charge in [0.2, 0.25) is 10.0 Å². The van der Waals surface area contributed by atoms with Crippen molar-refractivity contribution >= 4 is 15.7 Å². The van der Waals surface area contributed by atoms with Crippen LogP contribution < -0.4 is 9.62 Å². The second-order valence-corrected chi connectivity index (χ2v) is 7.03. The van der Waals surface area contributed by atoms with Gasteiger partial charge in [-0.1, -0.05) is 12.1 Å². The lowest BCUT2D eigenvalue weighted by atomic mass is 10.0. The van der Waals surface area contributed by atoms with E-state index in [2.05, 4.69) is 5.32 Å². The number of hydrogen-bond acceptors (Lipinski definition) is 3. The highest BCUT2D eigenvalue weighted by Crippen LogP contribution is 2.24. The van der Waals surface area contributed by atoms with Crippen molar-refractivity contribution in [2.75, 3.05) is 29.7 Å². The number of rotatable bonds is 5. The lowest BCUT2D eigenvalue weighted by Gasteiger charge is -2.28. The van der Waals surface area contributed by atoms with Crippen LogP contribution in [0.15, 0.2) is 24.3 Å². The number of nitrogens with one attached hydrogen (secondary N) is 1. The number of piperidine rings is 1. The molecular weight excluding hydrogens is 279 g/mol. The zero-order valence-electron chi connectivity index (χ0n) is 11.7. The Bertz CT molecular complexity index is 542. The Morgan fingerprint density at radius 3 is 2.55 bits per heavy atom. The zero-order valence-corrected chi connectivity index (χ0v) is 12.5. The minimum absolute atomic E-state index is 0.0941. The normalized spacial score (nSPS) is 17.1. The zero-order chi connectivity index (χ0) is 14.6. The molecule has 4 nitrogen and oxygen atoms in total. The maximum atomic E-state index is 13.8. The van der Waals surface area contributed by atoms with E-state index in [9.17, 15) is 12.8 Å². The van der Waals surface area contributed by atoms with Gasteiger partial charge in [0.1, 0.15) is 5.82 Å². The van der Waals surface area contributed by atoms with Crippen molar-refractivity contribution in [1.82, 2.24) is 5.32 Å². The molecule has 0 unspecified atom stereocenters. The summed E-state index contributed by atoms with van der Waals surface area (Å²) in [5.74, 6) is -0.248. The van der Waals surface area contributed by atoms with Gasteiger partial charge in [0.25, 0.3) is 0 Å². The Kier molecular flexibility index (Phi) is 4.99. The van der Waals surface area contributed by atoms with Crippen molar-refractivity contribution in [1.29, 1.82) is 0 Å². The van der Waals surface area contributed by atoms with E-state index < -0.39 is 15.8 Å². The number of nitrogens with zero attached hydrogens (tertiary/aromatic N) is 1. The summed E-state index contributed by atoms with van der Waals surface area (Å²) < 4.78 is 40.0. The summed E-state index contributed by atoms with van der Waals surface area (Å²) in [7, 11) is -3.48. The highest BCUT2D eigenvalue weighted by molar-refractivity contribution is 7.92. The first-order valence-electron chi connectivity index (χ1n) is 7.00. The van der Waals surface area contributed by atoms with Crippen LogP contribution in [0.25, 0.3) is 0 Å². The molecule has 20 heavy (non-hydrogen) atoms. The maximum Gasteiger partial charge on any atom is 0.235 e. The van der Waals surface area contributed by atoms with Gasteiger partial charge in [-0.2, -0.15) is 0 Å². The van der Waals surface area contributed by atoms with Gasteiger partial charge in [-0.05, 0) is 50.9 Å². The first-order valence-corrected chi connectivity index (χ1v) is 8.61. The van der Waals surface area contributed by atoms with Crippen LogP contribution in [0.5, 0.6) is 0 Å². The lowest BCUT2D eigenvalue weighted by molar-refractivity contribution is 0.401. The van der Waals surface area contributed by atoms with Crippen LogP contribution >= 0.6 is 0 Å². The number of benzene rings is 1. The van der Waals surface area contributed by atoms with Crippen molar-refractivity contribution < 1.29 is 12.8 Å². The third kappa shape index (κ3) is 3.49. The molecule has 0 amide bonds. The van der Waals surface area contributed by atoms with Gasteiger partial charge in [0.05, 0.1) is 11.4 Å². The highest BCUT2D eigenvalue weighted by atomic mass is 32.2. The van der Waals surface area contributed by atoms with Gasteiger partial charge in [-0.15, -0.1) is 0 Å². The largest absolute Gasteiger partial charge is 0.317 e. The maximum absolute atomic E-state index is 13.8. The SMILES string of the molecule is CCN(c1ccccc1F)S(=O)(=O)CC1CCNCC1. The highest BCUT2D eigenvalue weighted by Gasteiger charge is 2.27. The van der Waals surface area contributed by atoms with E-state index in [1.54, 1.807) is 19.1 Å². The molecule has 0 bridgehead atoms. The first kappa shape index (κ1) is 15.3. The molecule has 0 radical (unpaired) electrons. The molecule has 1 saturated heterocycles. The predicted molar refractivity (Wildman–Crippen MR) is 78.8 cm³/mol. The molecule has 0 saturated carbocycles. The minimum Gasteiger partial charge on any atom is -0.317 e. The van der Waals surface area contributed by atoms with Crippen molar-refractivity contribution in [3.63, 3.8) is 0 Å². The van der Waals surface area contributed by atoms with Gasteiger partial charge in [0.15, 0.2) is 0 Å². The summed E-state index contributed by atoms with van der Waals surface area (Å²) >= 11 is 0. The summed E-state index contributed by atoms with van der Waals surface area (Å²) in [6.45, 7) is 3.68. The monoisotopic (exact) mass is 300 g/mol. The summed E-state index contributed by atoms with van der Waals surface area (Å²) in [4.78, 5) is 0. The van der Waals surface area contributed by atoms with Crippen molar-refractivity contribution in [2.24, 2.45) is 5.92 Å². The Morgan fingerprint density at radius 1 is 1.30 bits per heavy atom. The molecule has 0 aromatic heterocycles. The number of anilines is 1. The number of halogens is 1. The molecule has 0 atom stereocenters. The van der Waals surface area contributed by atoms with Crippen LogP contribution in [-0.2, 0) is 10.0 Å². The van der Waals surface area contributed by atoms with Crippen LogP contribution in [-0.4, -0.2) is 33.8 Å². The van der Waals surface area contributed by atoms with E-state index in [0.717, 1.165) is 25.9 Å². The number of para-hydroxylation sites is 1. The molecule has 1 heterocycles. The van der Waals surface area contributed by atoms with Crippen LogP contribution in [0.3, 0.4) is 0 Å². The predicted octanol–water partition coefficient (Wildman–Crippen LogP) is 1.98. The smallest absolute Gasteiger partial charge is 0.235 e. The van der Waals surface area contributed by atoms with E-state index >= 15 is 0 Å². The fraction of sp³-hybridized carbons (Fsp3) is 0.571. The third-order valence-corrected chi connectivity index (χ3v) is 5.67. The average Bonchev–Trinajstić information content (AvgIpc) is 2.42. The van der Waals surface area contributed by atoms with Crippen LogP contribution in [0.4, 0.5) is 10.1 Å². The topological polar surface area (TPSA) is 49.4 Å². The molecular formula is C14H21FN2O2S. The summed E-state index contributed by atoms with van der Waals surface area (Å²) in [5.41, 5.74) is 0.143. The third-order valence-electron chi connectivity index (χ3n) is 3.65. The van der Waals surface area contributed by atoms with Crippen LogP contribution in [0, 0.1) is 11.7 Å². The standard InChI is InChI=1S/C14H21FN2O2S/c1-2-17(14-6-4-3-5-13(14)15)20(18,19)11-12-7-9-16-10-8-12/h3-6,12,16H,2,7-11H2,1H3. The van der Waals surface area contributed by atoms with E-state index in [-0.39, 0.29) is 23.9 Å². The summed E-state index contributed by atoms with van der Waals surface area (Å²) in [6, 6.07) is 6.02. The van der Waals surface area contributed by atoms with Gasteiger partial charge in [-0.25, -0.2) is 12.8 Å². The van der Waals surface area contributed by atoms with E-state index in [1.807, 2.05) is 0 Å². The lowest BCUT2D eigenvalue weighted by Crippen LogP contribution is -2.38. The molecule has 1 aromatic carbocycles. The Morgan fingerprint density at radius 2 is 1.95 bits per heavy atom. The molecule has 1 fully saturated rings. The van der Waals surface area contributed by atoms with E-state index in [1.165, 1.54) is 16.4 Å². The Labute approximate surface area is 120 Å². The second-order valence-electron chi connectivity index (χ2n) is 5.09. The molecule has 0 aliphatic carbocycles. The molecule has 6 heteroatoms. The Balaban J connectivity index is 2.19. The molecule has 1 aliphatic rings. The van der Waals surface area contributed by atoms with E-state index in [4.69, 9.17) is 0 Å². The molecule has 1 aliphatic heterocycles. The van der Waals surface area contributed by atoms with Gasteiger partial charge >= 0.3 is 0 Å². The molecule has 1 N–H and O–H groups in total. The summed E-state index contributed by atoms with van der Waals surface area (Å²) in [5, 5.41) is 3.22. The first-order chi connectivity index (χ1) is 9.54. The second kappa shape index (κ2) is 6.54.